The van der Waals surface area contributed by atoms with Gasteiger partial charge in [-0.2, -0.15) is 18.4 Å². The van der Waals surface area contributed by atoms with Gasteiger partial charge >= 0.3 is 5.51 Å². The molecule has 1 aromatic heterocycles. The Bertz CT molecular complexity index is 1100. The summed E-state index contributed by atoms with van der Waals surface area (Å²) in [6, 6.07) is 4.55. The number of alkyl halides is 6. The lowest BCUT2D eigenvalue weighted by Crippen LogP contribution is -2.27. The summed E-state index contributed by atoms with van der Waals surface area (Å²) in [6.45, 7) is 0. The van der Waals surface area contributed by atoms with Gasteiger partial charge in [0.2, 0.25) is 0 Å². The van der Waals surface area contributed by atoms with Crippen molar-refractivity contribution in [1.82, 2.24) is 4.57 Å². The Kier molecular flexibility index (Phi) is 5.17. The van der Waals surface area contributed by atoms with Crippen LogP contribution in [0.25, 0.3) is 5.69 Å². The minimum absolute atomic E-state index is 0.140. The van der Waals surface area contributed by atoms with Crippen molar-refractivity contribution >= 4 is 9.84 Å². The summed E-state index contributed by atoms with van der Waals surface area (Å²) in [5, 5.41) is 19.0. The van der Waals surface area contributed by atoms with E-state index in [0.29, 0.717) is 6.20 Å². The van der Waals surface area contributed by atoms with Crippen molar-refractivity contribution in [2.75, 3.05) is 0 Å². The molecule has 2 unspecified atom stereocenters. The average molecular weight is 438 g/mol. The van der Waals surface area contributed by atoms with Crippen molar-refractivity contribution in [3.63, 3.8) is 0 Å². The largest absolute Gasteiger partial charge is 0.501 e. The fraction of sp³-hybridized carbons (Fsp3) is 0.353. The first-order valence-electron chi connectivity index (χ1n) is 8.10. The number of nitriles is 1. The van der Waals surface area contributed by atoms with Gasteiger partial charge in [0.05, 0.1) is 11.6 Å². The number of hydrogen-bond acceptors (Lipinski definition) is 4. The third kappa shape index (κ3) is 3.38. The number of halogens is 6. The minimum Gasteiger partial charge on any atom is -0.385 e. The van der Waals surface area contributed by atoms with E-state index in [0.717, 1.165) is 22.8 Å². The Morgan fingerprint density at radius 2 is 1.93 bits per heavy atom. The molecule has 156 valence electrons. The van der Waals surface area contributed by atoms with Gasteiger partial charge in [0, 0.05) is 28.7 Å². The number of benzene rings is 1. The molecule has 1 heterocycles. The summed E-state index contributed by atoms with van der Waals surface area (Å²) in [7, 11) is -5.95. The monoisotopic (exact) mass is 438 g/mol. The van der Waals surface area contributed by atoms with Crippen LogP contribution in [0.15, 0.2) is 29.3 Å². The quantitative estimate of drug-likeness (QED) is 0.737. The lowest BCUT2D eigenvalue weighted by Gasteiger charge is -2.24. The molecule has 1 N–H and O–H groups in total. The lowest BCUT2D eigenvalue weighted by atomic mass is 9.93. The number of hydrogen-bond donors (Lipinski definition) is 1. The highest BCUT2D eigenvalue weighted by atomic mass is 32.2. The summed E-state index contributed by atoms with van der Waals surface area (Å²) < 4.78 is 104. The van der Waals surface area contributed by atoms with Crippen molar-refractivity contribution in [2.45, 2.75) is 41.9 Å². The fourth-order valence-electron chi connectivity index (χ4n) is 3.27. The molecular formula is C17H12F6N2O3S. The molecule has 1 aliphatic rings. The number of aliphatic hydroxyl groups is 1. The van der Waals surface area contributed by atoms with Crippen LogP contribution in [0.5, 0.6) is 0 Å². The molecule has 0 spiro atoms. The molecule has 0 saturated carbocycles. The van der Waals surface area contributed by atoms with Gasteiger partial charge in [-0.1, -0.05) is 0 Å². The topological polar surface area (TPSA) is 83.1 Å². The van der Waals surface area contributed by atoms with Crippen molar-refractivity contribution in [2.24, 2.45) is 0 Å². The third-order valence-electron chi connectivity index (χ3n) is 4.67. The lowest BCUT2D eigenvalue weighted by molar-refractivity contribution is -0.0438. The standard InChI is InChI=1S/C17H12F6N2O3S/c18-11-3-4-12-14(15(11)26)13(29(27,28)17(21,22)23)7-25(12)9-2-1-8(6-24)10(5-9)16(19)20/h1-2,5,7,11,15-16,26H,3-4H2. The van der Waals surface area contributed by atoms with E-state index in [1.165, 1.54) is 0 Å². The van der Waals surface area contributed by atoms with Crippen LogP contribution in [0.4, 0.5) is 26.3 Å². The van der Waals surface area contributed by atoms with E-state index < -0.39 is 50.1 Å². The van der Waals surface area contributed by atoms with Crippen molar-refractivity contribution < 1.29 is 39.9 Å². The molecule has 0 aliphatic heterocycles. The van der Waals surface area contributed by atoms with Crippen LogP contribution in [0.1, 0.15) is 41.3 Å². The zero-order valence-corrected chi connectivity index (χ0v) is 15.1. The molecule has 0 amide bonds. The smallest absolute Gasteiger partial charge is 0.385 e. The van der Waals surface area contributed by atoms with Gasteiger partial charge in [0.25, 0.3) is 16.3 Å². The van der Waals surface area contributed by atoms with E-state index in [1.807, 2.05) is 0 Å². The molecule has 1 aromatic carbocycles. The van der Waals surface area contributed by atoms with Gasteiger partial charge in [-0.3, -0.25) is 0 Å². The Balaban J connectivity index is 2.31. The van der Waals surface area contributed by atoms with Crippen LogP contribution < -0.4 is 0 Å². The number of rotatable bonds is 3. The molecule has 1 aliphatic carbocycles. The van der Waals surface area contributed by atoms with Crippen molar-refractivity contribution in [3.8, 4) is 11.8 Å². The van der Waals surface area contributed by atoms with E-state index in [9.17, 15) is 39.9 Å². The van der Waals surface area contributed by atoms with Gasteiger partial charge in [-0.05, 0) is 31.0 Å². The van der Waals surface area contributed by atoms with E-state index in [2.05, 4.69) is 0 Å². The summed E-state index contributed by atoms with van der Waals surface area (Å²) >= 11 is 0. The second-order valence-corrected chi connectivity index (χ2v) is 8.27. The normalized spacial score (nSPS) is 19.8. The second-order valence-electron chi connectivity index (χ2n) is 6.36. The van der Waals surface area contributed by atoms with Crippen LogP contribution >= 0.6 is 0 Å². The molecule has 3 rings (SSSR count). The maximum Gasteiger partial charge on any atom is 0.501 e. The van der Waals surface area contributed by atoms with E-state index in [1.54, 1.807) is 6.07 Å². The Hall–Kier alpha value is -2.52. The predicted octanol–water partition coefficient (Wildman–Crippen LogP) is 3.90. The Labute approximate surface area is 160 Å². The molecule has 2 aromatic rings. The molecule has 5 nitrogen and oxygen atoms in total. The second kappa shape index (κ2) is 7.07. The van der Waals surface area contributed by atoms with Gasteiger partial charge in [0.15, 0.2) is 0 Å². The zero-order chi connectivity index (χ0) is 21.7. The fourth-order valence-corrected chi connectivity index (χ4v) is 4.29. The average Bonchev–Trinajstić information content (AvgIpc) is 3.04. The van der Waals surface area contributed by atoms with Crippen LogP contribution in [-0.2, 0) is 16.3 Å². The maximum atomic E-state index is 13.9. The molecule has 0 bridgehead atoms. The first-order chi connectivity index (χ1) is 13.4. The van der Waals surface area contributed by atoms with Gasteiger partial charge < -0.3 is 9.67 Å². The molecule has 0 saturated heterocycles. The van der Waals surface area contributed by atoms with E-state index in [4.69, 9.17) is 5.26 Å². The molecule has 29 heavy (non-hydrogen) atoms. The van der Waals surface area contributed by atoms with Gasteiger partial charge in [0.1, 0.15) is 17.2 Å². The number of nitrogens with zero attached hydrogens (tertiary/aromatic N) is 2. The van der Waals surface area contributed by atoms with Gasteiger partial charge in [-0.15, -0.1) is 0 Å². The molecular weight excluding hydrogens is 426 g/mol. The summed E-state index contributed by atoms with van der Waals surface area (Å²) in [5.41, 5.74) is -7.81. The molecule has 2 atom stereocenters. The van der Waals surface area contributed by atoms with E-state index >= 15 is 0 Å². The highest BCUT2D eigenvalue weighted by molar-refractivity contribution is 7.92. The van der Waals surface area contributed by atoms with Crippen LogP contribution in [-0.4, -0.2) is 29.8 Å². The first-order valence-corrected chi connectivity index (χ1v) is 9.58. The highest BCUT2D eigenvalue weighted by Crippen LogP contribution is 2.43. The predicted molar refractivity (Wildman–Crippen MR) is 86.9 cm³/mol. The Morgan fingerprint density at radius 3 is 2.48 bits per heavy atom. The number of aliphatic hydroxyl groups excluding tert-OH is 1. The van der Waals surface area contributed by atoms with Crippen LogP contribution in [0.3, 0.4) is 0 Å². The van der Waals surface area contributed by atoms with Crippen molar-refractivity contribution in [1.29, 1.82) is 5.26 Å². The number of aromatic nitrogens is 1. The molecule has 0 radical (unpaired) electrons. The summed E-state index contributed by atoms with van der Waals surface area (Å²) in [5.74, 6) is 0. The van der Waals surface area contributed by atoms with E-state index in [-0.39, 0.29) is 29.8 Å². The van der Waals surface area contributed by atoms with Crippen LogP contribution in [0.2, 0.25) is 0 Å². The zero-order valence-electron chi connectivity index (χ0n) is 14.3. The number of sulfone groups is 1. The number of fused-ring (bicyclic) bond motifs is 1. The highest BCUT2D eigenvalue weighted by Gasteiger charge is 2.51. The SMILES string of the molecule is N#Cc1ccc(-n2cc(S(=O)(=O)C(F)(F)F)c3c2CCC(F)C3O)cc1C(F)F. The molecule has 0 fully saturated rings. The van der Waals surface area contributed by atoms with Gasteiger partial charge in [-0.25, -0.2) is 21.6 Å². The van der Waals surface area contributed by atoms with Crippen LogP contribution in [0, 0.1) is 11.3 Å². The Morgan fingerprint density at radius 1 is 1.28 bits per heavy atom. The minimum atomic E-state index is -5.95. The summed E-state index contributed by atoms with van der Waals surface area (Å²) in [6.07, 6.45) is -7.19. The summed E-state index contributed by atoms with van der Waals surface area (Å²) in [4.78, 5) is -1.34. The maximum absolute atomic E-state index is 13.9. The third-order valence-corrected chi connectivity index (χ3v) is 6.19. The van der Waals surface area contributed by atoms with Crippen molar-refractivity contribution in [3.05, 3.63) is 46.8 Å². The molecule has 12 heteroatoms. The first kappa shape index (κ1) is 21.2.